The van der Waals surface area contributed by atoms with Crippen LogP contribution in [0.1, 0.15) is 0 Å². The van der Waals surface area contributed by atoms with Gasteiger partial charge in [0.15, 0.2) is 15.8 Å². The molecule has 1 aromatic heterocycles. The third-order valence-electron chi connectivity index (χ3n) is 1.93. The minimum atomic E-state index is -0.559. The van der Waals surface area contributed by atoms with Crippen molar-refractivity contribution in [1.29, 1.82) is 0 Å². The Morgan fingerprint density at radius 2 is 1.82 bits per heavy atom. The molecule has 5 nitrogen and oxygen atoms in total. The summed E-state index contributed by atoms with van der Waals surface area (Å²) in [4.78, 5) is 18.2. The van der Waals surface area contributed by atoms with E-state index in [4.69, 9.17) is 23.2 Å². The highest BCUT2D eigenvalue weighted by molar-refractivity contribution is 9.13. The van der Waals surface area contributed by atoms with Gasteiger partial charge in [-0.3, -0.25) is 10.1 Å². The Morgan fingerprint density at radius 3 is 2.41 bits per heavy atom. The number of nitrogens with zero attached hydrogens (tertiary/aromatic N) is 3. The lowest BCUT2D eigenvalue weighted by atomic mass is 10.2. The molecule has 0 aliphatic heterocycles. The van der Waals surface area contributed by atoms with Gasteiger partial charge in [-0.05, 0) is 37.9 Å². The van der Waals surface area contributed by atoms with Crippen LogP contribution in [0.15, 0.2) is 15.0 Å². The zero-order chi connectivity index (χ0) is 12.7. The molecule has 88 valence electrons. The zero-order valence-corrected chi connectivity index (χ0v) is 12.4. The van der Waals surface area contributed by atoms with Crippen LogP contribution < -0.4 is 0 Å². The molecule has 0 radical (unpaired) electrons. The molecule has 1 heterocycles. The maximum Gasteiger partial charge on any atom is 0.312 e. The Morgan fingerprint density at radius 1 is 1.24 bits per heavy atom. The van der Waals surface area contributed by atoms with Crippen LogP contribution >= 0.6 is 55.1 Å². The van der Waals surface area contributed by atoms with Crippen LogP contribution in [0, 0.1) is 10.1 Å². The first-order valence-electron chi connectivity index (χ1n) is 4.07. The van der Waals surface area contributed by atoms with E-state index < -0.39 is 4.92 Å². The van der Waals surface area contributed by atoms with Gasteiger partial charge in [-0.2, -0.15) is 0 Å². The van der Waals surface area contributed by atoms with E-state index in [1.165, 1.54) is 0 Å². The fourth-order valence-electron chi connectivity index (χ4n) is 1.25. The van der Waals surface area contributed by atoms with Gasteiger partial charge in [-0.1, -0.05) is 23.2 Å². The van der Waals surface area contributed by atoms with E-state index in [1.807, 2.05) is 0 Å². The number of rotatable bonds is 1. The number of benzene rings is 1. The molecule has 1 aromatic carbocycles. The highest BCUT2D eigenvalue weighted by Gasteiger charge is 2.23. The van der Waals surface area contributed by atoms with E-state index in [0.717, 1.165) is 0 Å². The van der Waals surface area contributed by atoms with E-state index in [-0.39, 0.29) is 26.0 Å². The van der Waals surface area contributed by atoms with Gasteiger partial charge < -0.3 is 0 Å². The maximum atomic E-state index is 11.0. The van der Waals surface area contributed by atoms with Gasteiger partial charge in [-0.25, -0.2) is 9.97 Å². The standard InChI is InChI=1S/C8HBr2Cl2N3O2/c9-2-1-3-5(6(4(2)10)15(16)17)14-8(12)7(11)13-3/h1H. The second-order valence-corrected chi connectivity index (χ2v) is 5.31. The Labute approximate surface area is 122 Å². The van der Waals surface area contributed by atoms with Gasteiger partial charge in [0.05, 0.1) is 10.4 Å². The van der Waals surface area contributed by atoms with Gasteiger partial charge in [-0.15, -0.1) is 0 Å². The fourth-order valence-corrected chi connectivity index (χ4v) is 2.36. The highest BCUT2D eigenvalue weighted by Crippen LogP contribution is 2.38. The number of halogens is 4. The smallest absolute Gasteiger partial charge is 0.258 e. The molecule has 0 atom stereocenters. The molecular weight excluding hydrogens is 401 g/mol. The second kappa shape index (κ2) is 4.64. The van der Waals surface area contributed by atoms with E-state index in [1.54, 1.807) is 6.07 Å². The highest BCUT2D eigenvalue weighted by atomic mass is 79.9. The molecule has 9 heteroatoms. The van der Waals surface area contributed by atoms with Gasteiger partial charge >= 0.3 is 5.69 Å². The van der Waals surface area contributed by atoms with E-state index in [2.05, 4.69) is 41.8 Å². The van der Waals surface area contributed by atoms with Crippen molar-refractivity contribution < 1.29 is 4.92 Å². The lowest BCUT2D eigenvalue weighted by molar-refractivity contribution is -0.384. The van der Waals surface area contributed by atoms with Crippen LogP contribution in [-0.2, 0) is 0 Å². The van der Waals surface area contributed by atoms with Crippen molar-refractivity contribution in [3.05, 3.63) is 35.4 Å². The molecule has 0 saturated heterocycles. The van der Waals surface area contributed by atoms with Crippen LogP contribution in [0.25, 0.3) is 11.0 Å². The van der Waals surface area contributed by atoms with Crippen molar-refractivity contribution in [3.8, 4) is 0 Å². The number of aromatic nitrogens is 2. The van der Waals surface area contributed by atoms with Crippen molar-refractivity contribution in [2.24, 2.45) is 0 Å². The molecule has 0 aliphatic rings. The van der Waals surface area contributed by atoms with Crippen LogP contribution in [0.5, 0.6) is 0 Å². The van der Waals surface area contributed by atoms with Crippen molar-refractivity contribution in [2.45, 2.75) is 0 Å². The monoisotopic (exact) mass is 399 g/mol. The largest absolute Gasteiger partial charge is 0.312 e. The summed E-state index contributed by atoms with van der Waals surface area (Å²) >= 11 is 17.7. The second-order valence-electron chi connectivity index (χ2n) is 2.95. The topological polar surface area (TPSA) is 68.9 Å². The first kappa shape index (κ1) is 12.9. The third-order valence-corrected chi connectivity index (χ3v) is 4.51. The van der Waals surface area contributed by atoms with Crippen LogP contribution in [-0.4, -0.2) is 14.9 Å². The number of nitro benzene ring substituents is 1. The molecule has 0 fully saturated rings. The normalized spacial score (nSPS) is 10.8. The van der Waals surface area contributed by atoms with Crippen LogP contribution in [0.3, 0.4) is 0 Å². The Bertz CT molecular complexity index is 645. The Kier molecular flexibility index (Phi) is 3.53. The Hall–Kier alpha value is -0.500. The summed E-state index contributed by atoms with van der Waals surface area (Å²) in [6.45, 7) is 0. The van der Waals surface area contributed by atoms with Gasteiger partial charge in [0.1, 0.15) is 4.47 Å². The number of fused-ring (bicyclic) bond motifs is 1. The van der Waals surface area contributed by atoms with E-state index >= 15 is 0 Å². The molecule has 0 amide bonds. The van der Waals surface area contributed by atoms with Crippen LogP contribution in [0.4, 0.5) is 5.69 Å². The van der Waals surface area contributed by atoms with Crippen molar-refractivity contribution in [2.75, 3.05) is 0 Å². The predicted octanol–water partition coefficient (Wildman–Crippen LogP) is 4.37. The van der Waals surface area contributed by atoms with Crippen molar-refractivity contribution in [3.63, 3.8) is 0 Å². The average molecular weight is 402 g/mol. The first-order chi connectivity index (χ1) is 7.91. The molecule has 0 aliphatic carbocycles. The lowest BCUT2D eigenvalue weighted by Crippen LogP contribution is -1.96. The molecule has 0 spiro atoms. The summed E-state index contributed by atoms with van der Waals surface area (Å²) in [6, 6.07) is 1.57. The first-order valence-corrected chi connectivity index (χ1v) is 6.41. The van der Waals surface area contributed by atoms with Crippen molar-refractivity contribution >= 4 is 71.8 Å². The average Bonchev–Trinajstić information content (AvgIpc) is 2.23. The summed E-state index contributed by atoms with van der Waals surface area (Å²) < 4.78 is 0.770. The van der Waals surface area contributed by atoms with Crippen molar-refractivity contribution in [1.82, 2.24) is 9.97 Å². The van der Waals surface area contributed by atoms with Gasteiger partial charge in [0, 0.05) is 4.47 Å². The van der Waals surface area contributed by atoms with E-state index in [9.17, 15) is 10.1 Å². The molecular formula is C8HBr2Cl2N3O2. The summed E-state index contributed by atoms with van der Waals surface area (Å²) in [5.74, 6) is 0. The molecule has 2 aromatic rings. The van der Waals surface area contributed by atoms with Crippen LogP contribution in [0.2, 0.25) is 10.3 Å². The minimum Gasteiger partial charge on any atom is -0.258 e. The zero-order valence-electron chi connectivity index (χ0n) is 7.75. The quantitative estimate of drug-likeness (QED) is 0.525. The number of hydrogen-bond acceptors (Lipinski definition) is 4. The molecule has 17 heavy (non-hydrogen) atoms. The molecule has 0 N–H and O–H groups in total. The molecule has 2 rings (SSSR count). The number of nitro groups is 1. The summed E-state index contributed by atoms with van der Waals surface area (Å²) in [5.41, 5.74) is 0.168. The summed E-state index contributed by atoms with van der Waals surface area (Å²) in [7, 11) is 0. The third kappa shape index (κ3) is 2.24. The molecule has 0 unspecified atom stereocenters. The fraction of sp³-hybridized carbons (Fsp3) is 0. The lowest BCUT2D eigenvalue weighted by Gasteiger charge is -2.04. The van der Waals surface area contributed by atoms with Gasteiger partial charge in [0.25, 0.3) is 0 Å². The van der Waals surface area contributed by atoms with Gasteiger partial charge in [0.2, 0.25) is 0 Å². The Balaban J connectivity index is 2.98. The summed E-state index contributed by atoms with van der Waals surface area (Å²) in [6.07, 6.45) is 0. The summed E-state index contributed by atoms with van der Waals surface area (Å²) in [5, 5.41) is 10.9. The van der Waals surface area contributed by atoms with E-state index in [0.29, 0.717) is 9.99 Å². The number of hydrogen-bond donors (Lipinski definition) is 0. The predicted molar refractivity (Wildman–Crippen MR) is 71.6 cm³/mol. The molecule has 0 saturated carbocycles. The molecule has 0 bridgehead atoms. The minimum absolute atomic E-state index is 0.00249. The maximum absolute atomic E-state index is 11.0. The SMILES string of the molecule is O=[N+]([O-])c1c(Br)c(Br)cc2nc(Cl)c(Cl)nc12.